The van der Waals surface area contributed by atoms with Crippen LogP contribution in [0.2, 0.25) is 0 Å². The number of hydrogen-bond acceptors (Lipinski definition) is 3. The van der Waals surface area contributed by atoms with Gasteiger partial charge in [0.05, 0.1) is 5.54 Å². The molecule has 0 aromatic heterocycles. The fourth-order valence-corrected chi connectivity index (χ4v) is 2.37. The van der Waals surface area contributed by atoms with Crippen molar-refractivity contribution in [1.29, 1.82) is 0 Å². The molecule has 1 aliphatic carbocycles. The molecule has 1 aromatic carbocycles. The summed E-state index contributed by atoms with van der Waals surface area (Å²) in [6, 6.07) is 6.98. The Hall–Kier alpha value is -1.88. The second kappa shape index (κ2) is 6.92. The Balaban J connectivity index is 1.99. The van der Waals surface area contributed by atoms with Crippen molar-refractivity contribution < 1.29 is 9.59 Å². The van der Waals surface area contributed by atoms with E-state index in [1.54, 1.807) is 24.3 Å². The lowest BCUT2D eigenvalue weighted by Crippen LogP contribution is -2.52. The molecule has 5 nitrogen and oxygen atoms in total. The first kappa shape index (κ1) is 16.5. The normalized spacial score (nSPS) is 14.5. The summed E-state index contributed by atoms with van der Waals surface area (Å²) in [5.74, 6) is 0.104. The lowest BCUT2D eigenvalue weighted by Gasteiger charge is -2.31. The summed E-state index contributed by atoms with van der Waals surface area (Å²) >= 11 is 0. The Labute approximate surface area is 131 Å². The molecular weight excluding hydrogens is 278 g/mol. The van der Waals surface area contributed by atoms with Crippen molar-refractivity contribution in [1.82, 2.24) is 5.32 Å². The van der Waals surface area contributed by atoms with Gasteiger partial charge in [-0.3, -0.25) is 9.59 Å². The third-order valence-electron chi connectivity index (χ3n) is 4.49. The second-order valence-electron chi connectivity index (χ2n) is 5.99. The van der Waals surface area contributed by atoms with E-state index in [0.717, 1.165) is 31.4 Å². The largest absolute Gasteiger partial charge is 0.345 e. The zero-order valence-corrected chi connectivity index (χ0v) is 13.3. The minimum Gasteiger partial charge on any atom is -0.345 e. The lowest BCUT2D eigenvalue weighted by molar-refractivity contribution is -0.117. The summed E-state index contributed by atoms with van der Waals surface area (Å²) in [6.45, 7) is 4.46. The fourth-order valence-electron chi connectivity index (χ4n) is 2.37. The quantitative estimate of drug-likeness (QED) is 0.722. The van der Waals surface area contributed by atoms with Gasteiger partial charge in [0.15, 0.2) is 0 Å². The van der Waals surface area contributed by atoms with Crippen molar-refractivity contribution in [2.75, 3.05) is 11.9 Å². The molecule has 1 saturated carbocycles. The number of anilines is 1. The molecule has 0 unspecified atom stereocenters. The van der Waals surface area contributed by atoms with Crippen molar-refractivity contribution in [2.24, 2.45) is 11.7 Å². The SMILES string of the molecule is CCC(CC)(CN)NC(=O)c1ccc(NC(=O)C2CC2)cc1. The first-order valence-electron chi connectivity index (χ1n) is 7.97. The average Bonchev–Trinajstić information content (AvgIpc) is 3.38. The van der Waals surface area contributed by atoms with Gasteiger partial charge in [0.2, 0.25) is 5.91 Å². The first-order chi connectivity index (χ1) is 10.5. The van der Waals surface area contributed by atoms with Gasteiger partial charge in [-0.1, -0.05) is 13.8 Å². The maximum Gasteiger partial charge on any atom is 0.251 e. The molecule has 0 spiro atoms. The predicted octanol–water partition coefficient (Wildman–Crippen LogP) is 2.28. The number of amides is 2. The minimum atomic E-state index is -0.351. The standard InChI is InChI=1S/C17H25N3O2/c1-3-17(4-2,11-18)20-16(22)13-7-9-14(10-8-13)19-15(21)12-5-6-12/h7-10,12H,3-6,11,18H2,1-2H3,(H,19,21)(H,20,22). The number of benzene rings is 1. The molecule has 0 aliphatic heterocycles. The van der Waals surface area contributed by atoms with Gasteiger partial charge < -0.3 is 16.4 Å². The first-order valence-corrected chi connectivity index (χ1v) is 7.97. The highest BCUT2D eigenvalue weighted by Gasteiger charge is 2.29. The molecule has 0 saturated heterocycles. The maximum atomic E-state index is 12.3. The molecule has 22 heavy (non-hydrogen) atoms. The maximum absolute atomic E-state index is 12.3. The molecule has 0 atom stereocenters. The van der Waals surface area contributed by atoms with Crippen LogP contribution in [0.4, 0.5) is 5.69 Å². The van der Waals surface area contributed by atoms with E-state index in [9.17, 15) is 9.59 Å². The molecule has 1 fully saturated rings. The second-order valence-corrected chi connectivity index (χ2v) is 5.99. The average molecular weight is 303 g/mol. The summed E-state index contributed by atoms with van der Waals surface area (Å²) in [4.78, 5) is 24.0. The van der Waals surface area contributed by atoms with Crippen LogP contribution in [0.3, 0.4) is 0 Å². The van der Waals surface area contributed by atoms with Crippen LogP contribution in [-0.4, -0.2) is 23.9 Å². The van der Waals surface area contributed by atoms with E-state index in [1.807, 2.05) is 13.8 Å². The van der Waals surface area contributed by atoms with Gasteiger partial charge in [0.25, 0.3) is 5.91 Å². The van der Waals surface area contributed by atoms with Gasteiger partial charge in [0, 0.05) is 23.7 Å². The van der Waals surface area contributed by atoms with Crippen LogP contribution in [0.5, 0.6) is 0 Å². The van der Waals surface area contributed by atoms with E-state index in [0.29, 0.717) is 12.1 Å². The molecule has 2 amide bonds. The van der Waals surface area contributed by atoms with Crippen molar-refractivity contribution in [3.63, 3.8) is 0 Å². The van der Waals surface area contributed by atoms with E-state index in [-0.39, 0.29) is 23.3 Å². The van der Waals surface area contributed by atoms with E-state index >= 15 is 0 Å². The summed E-state index contributed by atoms with van der Waals surface area (Å²) in [6.07, 6.45) is 3.53. The van der Waals surface area contributed by atoms with Crippen LogP contribution in [0, 0.1) is 5.92 Å². The smallest absolute Gasteiger partial charge is 0.251 e. The Morgan fingerprint density at radius 2 is 1.77 bits per heavy atom. The number of carbonyl (C=O) groups excluding carboxylic acids is 2. The molecule has 0 bridgehead atoms. The molecule has 120 valence electrons. The summed E-state index contributed by atoms with van der Waals surface area (Å²) in [7, 11) is 0. The van der Waals surface area contributed by atoms with E-state index in [1.165, 1.54) is 0 Å². The molecular formula is C17H25N3O2. The van der Waals surface area contributed by atoms with E-state index < -0.39 is 0 Å². The highest BCUT2D eigenvalue weighted by Crippen LogP contribution is 2.30. The summed E-state index contributed by atoms with van der Waals surface area (Å²) in [5.41, 5.74) is 6.75. The Morgan fingerprint density at radius 3 is 2.23 bits per heavy atom. The van der Waals surface area contributed by atoms with Crippen molar-refractivity contribution in [3.05, 3.63) is 29.8 Å². The van der Waals surface area contributed by atoms with Crippen LogP contribution in [0.25, 0.3) is 0 Å². The monoisotopic (exact) mass is 303 g/mol. The number of carbonyl (C=O) groups is 2. The number of hydrogen-bond donors (Lipinski definition) is 3. The van der Waals surface area contributed by atoms with E-state index in [2.05, 4.69) is 10.6 Å². The number of nitrogens with one attached hydrogen (secondary N) is 2. The van der Waals surface area contributed by atoms with Gasteiger partial charge >= 0.3 is 0 Å². The van der Waals surface area contributed by atoms with Gasteiger partial charge in [-0.25, -0.2) is 0 Å². The molecule has 2 rings (SSSR count). The van der Waals surface area contributed by atoms with E-state index in [4.69, 9.17) is 5.73 Å². The summed E-state index contributed by atoms with van der Waals surface area (Å²) in [5, 5.41) is 5.89. The van der Waals surface area contributed by atoms with Crippen LogP contribution in [0.1, 0.15) is 49.9 Å². The Bertz CT molecular complexity index is 523. The topological polar surface area (TPSA) is 84.2 Å². The molecule has 5 heteroatoms. The van der Waals surface area contributed by atoms with Crippen LogP contribution in [0.15, 0.2) is 24.3 Å². The zero-order chi connectivity index (χ0) is 16.2. The molecule has 1 aliphatic rings. The Kier molecular flexibility index (Phi) is 5.19. The van der Waals surface area contributed by atoms with Crippen molar-refractivity contribution in [3.8, 4) is 0 Å². The molecule has 4 N–H and O–H groups in total. The highest BCUT2D eigenvalue weighted by molar-refractivity contribution is 5.97. The minimum absolute atomic E-state index is 0.0660. The number of rotatable bonds is 7. The third kappa shape index (κ3) is 3.85. The van der Waals surface area contributed by atoms with Crippen molar-refractivity contribution >= 4 is 17.5 Å². The Morgan fingerprint density at radius 1 is 1.18 bits per heavy atom. The fraction of sp³-hybridized carbons (Fsp3) is 0.529. The van der Waals surface area contributed by atoms with Gasteiger partial charge in [-0.15, -0.1) is 0 Å². The van der Waals surface area contributed by atoms with Gasteiger partial charge in [-0.05, 0) is 49.9 Å². The van der Waals surface area contributed by atoms with Crippen LogP contribution >= 0.6 is 0 Å². The molecule has 0 radical (unpaired) electrons. The number of nitrogens with two attached hydrogens (primary N) is 1. The molecule has 0 heterocycles. The van der Waals surface area contributed by atoms with Crippen molar-refractivity contribution in [2.45, 2.75) is 45.1 Å². The summed E-state index contributed by atoms with van der Waals surface area (Å²) < 4.78 is 0. The van der Waals surface area contributed by atoms with Crippen LogP contribution < -0.4 is 16.4 Å². The predicted molar refractivity (Wildman–Crippen MR) is 87.6 cm³/mol. The lowest BCUT2D eigenvalue weighted by atomic mass is 9.92. The third-order valence-corrected chi connectivity index (χ3v) is 4.49. The molecule has 1 aromatic rings. The van der Waals surface area contributed by atoms with Crippen LogP contribution in [-0.2, 0) is 4.79 Å². The highest BCUT2D eigenvalue weighted by atomic mass is 16.2. The van der Waals surface area contributed by atoms with Gasteiger partial charge in [0.1, 0.15) is 0 Å². The van der Waals surface area contributed by atoms with Gasteiger partial charge in [-0.2, -0.15) is 0 Å². The zero-order valence-electron chi connectivity index (χ0n) is 13.3.